The molecule has 0 aliphatic carbocycles. The largest absolute Gasteiger partial charge is 0.463 e. The van der Waals surface area contributed by atoms with Crippen LogP contribution in [0, 0.1) is 11.8 Å². The number of aromatic nitrogens is 8. The Hall–Kier alpha value is -4.21. The number of sulfonamides is 2. The maximum atomic E-state index is 11.7. The van der Waals surface area contributed by atoms with Crippen molar-refractivity contribution >= 4 is 37.6 Å². The third kappa shape index (κ3) is 16.0. The highest BCUT2D eigenvalue weighted by molar-refractivity contribution is 7.88. The van der Waals surface area contributed by atoms with Gasteiger partial charge in [-0.2, -0.15) is 18.6 Å². The van der Waals surface area contributed by atoms with Gasteiger partial charge in [0.05, 0.1) is 37.1 Å². The van der Waals surface area contributed by atoms with Crippen LogP contribution >= 0.6 is 11.6 Å². The summed E-state index contributed by atoms with van der Waals surface area (Å²) in [5, 5.41) is 3.69. The van der Waals surface area contributed by atoms with E-state index < -0.39 is 20.0 Å². The number of hydrogen-bond donors (Lipinski definition) is 1. The number of anilines is 1. The fraction of sp³-hybridized carbons (Fsp3) is 0.636. The number of halogens is 1. The van der Waals surface area contributed by atoms with E-state index in [0.717, 1.165) is 111 Å². The van der Waals surface area contributed by atoms with Gasteiger partial charge in [-0.1, -0.05) is 13.8 Å². The van der Waals surface area contributed by atoms with E-state index in [0.29, 0.717) is 75.5 Å². The number of fused-ring (bicyclic) bond motifs is 2. The number of hydrogen-bond acceptors (Lipinski definition) is 16. The lowest BCUT2D eigenvalue weighted by Crippen LogP contribution is -2.35. The van der Waals surface area contributed by atoms with Gasteiger partial charge in [-0.05, 0) is 112 Å². The highest BCUT2D eigenvalue weighted by Crippen LogP contribution is 2.26. The van der Waals surface area contributed by atoms with Crippen LogP contribution in [0.2, 0.25) is 5.28 Å². The van der Waals surface area contributed by atoms with Crippen molar-refractivity contribution in [1.82, 2.24) is 53.8 Å². The molecule has 65 heavy (non-hydrogen) atoms. The monoisotopic (exact) mass is 963 g/mol. The normalized spacial score (nSPS) is 17.6. The molecule has 0 unspecified atom stereocenters. The molecule has 2 fully saturated rings. The van der Waals surface area contributed by atoms with Crippen molar-refractivity contribution in [2.45, 2.75) is 104 Å². The van der Waals surface area contributed by atoms with E-state index in [1.165, 1.54) is 45.9 Å². The molecule has 4 aromatic heterocycles. The number of nitrogens with one attached hydrogen (secondary N) is 1. The van der Waals surface area contributed by atoms with Crippen molar-refractivity contribution in [2.24, 2.45) is 11.8 Å². The quantitative estimate of drug-likeness (QED) is 0.117. The Balaban J connectivity index is 0.000000246. The molecule has 21 heteroatoms. The Labute approximate surface area is 394 Å². The zero-order valence-corrected chi connectivity index (χ0v) is 40.6. The number of piperidine rings is 2. The second-order valence-electron chi connectivity index (χ2n) is 17.0. The molecule has 4 aliphatic rings. The lowest BCUT2D eigenvalue weighted by molar-refractivity contribution is 0.256. The van der Waals surface area contributed by atoms with Gasteiger partial charge in [0.15, 0.2) is 0 Å². The average Bonchev–Trinajstić information content (AvgIpc) is 3.35. The lowest BCUT2D eigenvalue weighted by Gasteiger charge is -2.32. The molecule has 8 rings (SSSR count). The van der Waals surface area contributed by atoms with Crippen LogP contribution in [0.15, 0.2) is 37.2 Å². The zero-order valence-electron chi connectivity index (χ0n) is 40.2. The van der Waals surface area contributed by atoms with E-state index in [1.807, 2.05) is 19.3 Å². The molecule has 1 N–H and O–H groups in total. The van der Waals surface area contributed by atoms with Crippen LogP contribution in [0.25, 0.3) is 0 Å². The summed E-state index contributed by atoms with van der Waals surface area (Å²) in [6.45, 7) is 11.2. The summed E-state index contributed by atoms with van der Waals surface area (Å²) < 4.78 is 71.1. The number of nitrogens with zero attached hydrogens (tertiary/aromatic N) is 11. The summed E-state index contributed by atoms with van der Waals surface area (Å²) in [5.41, 5.74) is 5.79. The number of aryl methyl sites for hydroxylation is 2. The predicted molar refractivity (Wildman–Crippen MR) is 254 cm³/mol. The number of ether oxygens (including phenoxy) is 2. The van der Waals surface area contributed by atoms with Crippen molar-refractivity contribution in [3.05, 3.63) is 76.1 Å². The molecule has 2 saturated heterocycles. The third-order valence-electron chi connectivity index (χ3n) is 12.2. The van der Waals surface area contributed by atoms with Gasteiger partial charge in [0.25, 0.3) is 0 Å². The van der Waals surface area contributed by atoms with E-state index in [1.54, 1.807) is 24.8 Å². The molecule has 0 spiro atoms. The van der Waals surface area contributed by atoms with Crippen LogP contribution in [0.3, 0.4) is 0 Å². The van der Waals surface area contributed by atoms with Gasteiger partial charge < -0.3 is 19.7 Å². The first-order valence-corrected chi connectivity index (χ1v) is 26.9. The van der Waals surface area contributed by atoms with Crippen molar-refractivity contribution in [1.29, 1.82) is 0 Å². The Morgan fingerprint density at radius 2 is 1.11 bits per heavy atom. The fourth-order valence-electron chi connectivity index (χ4n) is 8.13. The second kappa shape index (κ2) is 24.5. The third-order valence-corrected chi connectivity index (χ3v) is 14.9. The van der Waals surface area contributed by atoms with Crippen molar-refractivity contribution in [2.75, 3.05) is 69.9 Å². The Morgan fingerprint density at radius 3 is 1.55 bits per heavy atom. The molecule has 0 saturated carbocycles. The average molecular weight is 965 g/mol. The molecule has 0 radical (unpaired) electrons. The van der Waals surface area contributed by atoms with Gasteiger partial charge in [0.1, 0.15) is 0 Å². The summed E-state index contributed by atoms with van der Waals surface area (Å²) in [6, 6.07) is 0.797. The number of rotatable bonds is 15. The first-order chi connectivity index (χ1) is 32.3. The summed E-state index contributed by atoms with van der Waals surface area (Å²) in [4.78, 5) is 36.3. The molecular weight excluding hydrogens is 892 g/mol. The minimum Gasteiger partial charge on any atom is -0.463 e. The Kier molecular flexibility index (Phi) is 18.4. The maximum absolute atomic E-state index is 11.7. The lowest BCUT2D eigenvalue weighted by atomic mass is 9.92. The van der Waals surface area contributed by atoms with Crippen LogP contribution in [0.1, 0.15) is 103 Å². The van der Waals surface area contributed by atoms with Gasteiger partial charge in [0.2, 0.25) is 31.3 Å². The fourth-order valence-corrected chi connectivity index (χ4v) is 9.82. The van der Waals surface area contributed by atoms with Gasteiger partial charge in [-0.3, -0.25) is 0 Å². The van der Waals surface area contributed by atoms with Crippen molar-refractivity contribution in [3.8, 4) is 12.0 Å². The molecule has 0 bridgehead atoms. The zero-order chi connectivity index (χ0) is 48.2. The van der Waals surface area contributed by atoms with Gasteiger partial charge in [0, 0.05) is 105 Å². The molecule has 4 aromatic rings. The molecule has 8 heterocycles. The minimum atomic E-state index is -3.19. The molecule has 18 nitrogen and oxygen atoms in total. The van der Waals surface area contributed by atoms with Crippen molar-refractivity contribution in [3.63, 3.8) is 0 Å². The van der Waals surface area contributed by atoms with Crippen LogP contribution in [0.5, 0.6) is 12.0 Å². The highest BCUT2D eigenvalue weighted by Gasteiger charge is 2.26. The molecule has 0 amide bonds. The predicted octanol–water partition coefficient (Wildman–Crippen LogP) is 5.36. The van der Waals surface area contributed by atoms with E-state index in [-0.39, 0.29) is 1.43 Å². The highest BCUT2D eigenvalue weighted by atomic mass is 35.5. The smallest absolute Gasteiger partial charge is 0.316 e. The van der Waals surface area contributed by atoms with Gasteiger partial charge in [-0.25, -0.2) is 46.7 Å². The second-order valence-corrected chi connectivity index (χ2v) is 21.3. The van der Waals surface area contributed by atoms with Crippen LogP contribution in [-0.4, -0.2) is 130 Å². The first kappa shape index (κ1) is 48.7. The Morgan fingerprint density at radius 1 is 0.662 bits per heavy atom. The van der Waals surface area contributed by atoms with E-state index in [4.69, 9.17) is 24.0 Å². The Bertz CT molecular complexity index is 2340. The summed E-state index contributed by atoms with van der Waals surface area (Å²) in [6.07, 6.45) is 25.4. The minimum absolute atomic E-state index is 0. The molecular formula is C44H69ClN12O6S2. The van der Waals surface area contributed by atoms with Crippen molar-refractivity contribution < 1.29 is 30.7 Å². The summed E-state index contributed by atoms with van der Waals surface area (Å²) in [7, 11) is -6.36. The summed E-state index contributed by atoms with van der Waals surface area (Å²) in [5.74, 6) is 2.34. The molecule has 4 aliphatic heterocycles. The van der Waals surface area contributed by atoms with Crippen LogP contribution < -0.4 is 19.7 Å². The van der Waals surface area contributed by atoms with Gasteiger partial charge in [-0.15, -0.1) is 0 Å². The van der Waals surface area contributed by atoms with Crippen LogP contribution in [0.4, 0.5) is 5.95 Å². The standard InChI is InChI=1S/C22H32N6O3S.C16H26N4O3S.C6H7ClN2.2H2/c1-3-17-13-23-21(24-14-17)27-9-6-18(7-10-27)5-4-12-31-22-25-15-19-16-28(32(2,29)30)11-8-20(19)26-22;1-24(21,22)20-9-6-15-14(12-20)11-18-16(19-15)23-10-2-3-13-4-7-17-8-5-13;1-2-5-3-8-6(7)9-4-5;;/h13-15,18H,3-12,16H2,1-2H3;11,13,17H,2-10,12H2,1H3;3-4H,2H2,1H3;2*1H/i;;;1+1D;1+1. The molecule has 360 valence electrons. The first-order valence-electron chi connectivity index (χ1n) is 23.9. The SMILES string of the molecule is CCc1cnc(Cl)nc1.CCc1cnc(N2CCC(CCCOc3ncc4c(n3)CCN(S(C)(=O)=O)C4)CC2)nc1.CS(=O)(=O)N1CCc2nc(OCCCC3CCNCC3)ncc2C1.[2HH].[2H][2H]. The van der Waals surface area contributed by atoms with E-state index >= 15 is 0 Å². The van der Waals surface area contributed by atoms with Gasteiger partial charge >= 0.3 is 12.0 Å². The molecule has 0 atom stereocenters. The van der Waals surface area contributed by atoms with E-state index in [9.17, 15) is 16.8 Å². The van der Waals surface area contributed by atoms with Crippen LogP contribution in [-0.2, 0) is 58.8 Å². The van der Waals surface area contributed by atoms with E-state index in [2.05, 4.69) is 57.0 Å². The summed E-state index contributed by atoms with van der Waals surface area (Å²) >= 11 is 5.45. The molecule has 0 aromatic carbocycles. The maximum Gasteiger partial charge on any atom is 0.316 e. The topological polar surface area (TPSA) is 212 Å².